The smallest absolute Gasteiger partial charge is 0.0245 e. The van der Waals surface area contributed by atoms with Gasteiger partial charge < -0.3 is 5.32 Å². The summed E-state index contributed by atoms with van der Waals surface area (Å²) in [4.78, 5) is 0. The van der Waals surface area contributed by atoms with E-state index in [1.165, 1.54) is 22.3 Å². The van der Waals surface area contributed by atoms with Crippen molar-refractivity contribution in [2.75, 3.05) is 7.05 Å². The third-order valence-corrected chi connectivity index (χ3v) is 4.14. The first-order valence-electron chi connectivity index (χ1n) is 7.46. The topological polar surface area (TPSA) is 12.0 Å². The van der Waals surface area contributed by atoms with Crippen molar-refractivity contribution in [1.29, 1.82) is 0 Å². The maximum Gasteiger partial charge on any atom is 0.0245 e. The van der Waals surface area contributed by atoms with E-state index in [2.05, 4.69) is 81.7 Å². The second-order valence-corrected chi connectivity index (χ2v) is 5.55. The van der Waals surface area contributed by atoms with Crippen LogP contribution >= 0.6 is 0 Å². The zero-order chi connectivity index (χ0) is 14.5. The number of hydrogen-bond acceptors (Lipinski definition) is 1. The minimum Gasteiger partial charge on any atom is -0.316 e. The highest BCUT2D eigenvalue weighted by molar-refractivity contribution is 5.41. The molecule has 0 saturated carbocycles. The van der Waals surface area contributed by atoms with E-state index >= 15 is 0 Å². The molecule has 0 amide bonds. The van der Waals surface area contributed by atoms with E-state index in [1.807, 2.05) is 0 Å². The van der Waals surface area contributed by atoms with Gasteiger partial charge in [-0.05, 0) is 44.0 Å². The molecule has 1 N–H and O–H groups in total. The fraction of sp³-hybridized carbons (Fsp3) is 0.368. The van der Waals surface area contributed by atoms with Crippen molar-refractivity contribution in [3.8, 4) is 0 Å². The van der Waals surface area contributed by atoms with Crippen LogP contribution in [0.25, 0.3) is 0 Å². The third-order valence-electron chi connectivity index (χ3n) is 4.14. The fourth-order valence-electron chi connectivity index (χ4n) is 2.99. The second-order valence-electron chi connectivity index (χ2n) is 5.55. The first kappa shape index (κ1) is 14.8. The van der Waals surface area contributed by atoms with Crippen LogP contribution in [0, 0.1) is 13.8 Å². The lowest BCUT2D eigenvalue weighted by atomic mass is 9.81. The molecule has 2 rings (SSSR count). The Kier molecular flexibility index (Phi) is 4.97. The van der Waals surface area contributed by atoms with Crippen molar-refractivity contribution in [2.45, 2.75) is 39.2 Å². The van der Waals surface area contributed by atoms with Crippen LogP contribution in [0.3, 0.4) is 0 Å². The molecule has 0 spiro atoms. The highest BCUT2D eigenvalue weighted by atomic mass is 14.9. The summed E-state index contributed by atoms with van der Waals surface area (Å²) in [6, 6.07) is 18.1. The Morgan fingerprint density at radius 2 is 1.70 bits per heavy atom. The van der Waals surface area contributed by atoms with E-state index in [1.54, 1.807) is 0 Å². The van der Waals surface area contributed by atoms with Crippen molar-refractivity contribution >= 4 is 0 Å². The highest BCUT2D eigenvalue weighted by Crippen LogP contribution is 2.32. The molecule has 0 aromatic heterocycles. The largest absolute Gasteiger partial charge is 0.316 e. The Morgan fingerprint density at radius 1 is 1.00 bits per heavy atom. The van der Waals surface area contributed by atoms with Gasteiger partial charge in [-0.15, -0.1) is 0 Å². The SMILES string of the molecule is CCC(NC)C(c1ccccc1)c1cc(C)ccc1C. The molecule has 0 fully saturated rings. The molecule has 1 nitrogen and oxygen atoms in total. The van der Waals surface area contributed by atoms with Gasteiger partial charge in [0.15, 0.2) is 0 Å². The Hall–Kier alpha value is -1.60. The van der Waals surface area contributed by atoms with Crippen LogP contribution < -0.4 is 5.32 Å². The Balaban J connectivity index is 2.54. The number of rotatable bonds is 5. The summed E-state index contributed by atoms with van der Waals surface area (Å²) in [6.07, 6.45) is 1.11. The normalized spacial score (nSPS) is 14.0. The lowest BCUT2D eigenvalue weighted by molar-refractivity contribution is 0.490. The zero-order valence-corrected chi connectivity index (χ0v) is 13.0. The van der Waals surface area contributed by atoms with Crippen LogP contribution in [-0.4, -0.2) is 13.1 Å². The third kappa shape index (κ3) is 3.10. The zero-order valence-electron chi connectivity index (χ0n) is 13.0. The summed E-state index contributed by atoms with van der Waals surface area (Å²) in [5, 5.41) is 3.50. The summed E-state index contributed by atoms with van der Waals surface area (Å²) in [5.41, 5.74) is 5.54. The van der Waals surface area contributed by atoms with Gasteiger partial charge in [0, 0.05) is 12.0 Å². The fourth-order valence-corrected chi connectivity index (χ4v) is 2.99. The average Bonchev–Trinajstić information content (AvgIpc) is 2.48. The molecule has 0 bridgehead atoms. The minimum atomic E-state index is 0.408. The van der Waals surface area contributed by atoms with Crippen LogP contribution in [-0.2, 0) is 0 Å². The van der Waals surface area contributed by atoms with Gasteiger partial charge in [-0.2, -0.15) is 0 Å². The number of benzene rings is 2. The summed E-state index contributed by atoms with van der Waals surface area (Å²) >= 11 is 0. The van der Waals surface area contributed by atoms with Gasteiger partial charge in [0.1, 0.15) is 0 Å². The van der Waals surface area contributed by atoms with Gasteiger partial charge in [-0.3, -0.25) is 0 Å². The minimum absolute atomic E-state index is 0.408. The van der Waals surface area contributed by atoms with E-state index in [4.69, 9.17) is 0 Å². The molecule has 20 heavy (non-hydrogen) atoms. The molecule has 0 radical (unpaired) electrons. The standard InChI is InChI=1S/C19H25N/c1-5-18(20-4)19(16-9-7-6-8-10-16)17-13-14(2)11-12-15(17)3/h6-13,18-20H,5H2,1-4H3. The van der Waals surface area contributed by atoms with Gasteiger partial charge in [0.05, 0.1) is 0 Å². The molecule has 0 aliphatic heterocycles. The molecule has 0 aliphatic carbocycles. The molecule has 2 aromatic carbocycles. The number of nitrogens with one attached hydrogen (secondary N) is 1. The van der Waals surface area contributed by atoms with Crippen LogP contribution in [0.15, 0.2) is 48.5 Å². The molecule has 1 heteroatoms. The van der Waals surface area contributed by atoms with Crippen LogP contribution in [0.5, 0.6) is 0 Å². The van der Waals surface area contributed by atoms with Crippen molar-refractivity contribution in [3.05, 3.63) is 70.8 Å². The van der Waals surface area contributed by atoms with Gasteiger partial charge >= 0.3 is 0 Å². The van der Waals surface area contributed by atoms with Gasteiger partial charge in [-0.25, -0.2) is 0 Å². The van der Waals surface area contributed by atoms with Gasteiger partial charge in [0.2, 0.25) is 0 Å². The quantitative estimate of drug-likeness (QED) is 0.845. The lowest BCUT2D eigenvalue weighted by Crippen LogP contribution is -2.32. The maximum absolute atomic E-state index is 3.50. The van der Waals surface area contributed by atoms with E-state index in [0.717, 1.165) is 6.42 Å². The highest BCUT2D eigenvalue weighted by Gasteiger charge is 2.23. The van der Waals surface area contributed by atoms with E-state index in [9.17, 15) is 0 Å². The molecule has 2 atom stereocenters. The summed E-state index contributed by atoms with van der Waals surface area (Å²) < 4.78 is 0. The number of likely N-dealkylation sites (N-methyl/N-ethyl adjacent to an activating group) is 1. The summed E-state index contributed by atoms with van der Waals surface area (Å²) in [6.45, 7) is 6.64. The summed E-state index contributed by atoms with van der Waals surface area (Å²) in [7, 11) is 2.06. The van der Waals surface area contributed by atoms with Gasteiger partial charge in [-0.1, -0.05) is 61.0 Å². The van der Waals surface area contributed by atoms with Crippen LogP contribution in [0.2, 0.25) is 0 Å². The monoisotopic (exact) mass is 267 g/mol. The van der Waals surface area contributed by atoms with E-state index in [-0.39, 0.29) is 0 Å². The molecular weight excluding hydrogens is 242 g/mol. The predicted molar refractivity (Wildman–Crippen MR) is 87.3 cm³/mol. The van der Waals surface area contributed by atoms with E-state index in [0.29, 0.717) is 12.0 Å². The van der Waals surface area contributed by atoms with Gasteiger partial charge in [0.25, 0.3) is 0 Å². The molecule has 0 aliphatic rings. The van der Waals surface area contributed by atoms with Crippen molar-refractivity contribution < 1.29 is 0 Å². The Labute approximate surface area is 123 Å². The van der Waals surface area contributed by atoms with Crippen molar-refractivity contribution in [1.82, 2.24) is 5.32 Å². The molecule has 0 saturated heterocycles. The van der Waals surface area contributed by atoms with Crippen LogP contribution in [0.1, 0.15) is 41.5 Å². The number of aryl methyl sites for hydroxylation is 2. The van der Waals surface area contributed by atoms with Crippen molar-refractivity contribution in [3.63, 3.8) is 0 Å². The van der Waals surface area contributed by atoms with Crippen LogP contribution in [0.4, 0.5) is 0 Å². The first-order chi connectivity index (χ1) is 9.67. The lowest BCUT2D eigenvalue weighted by Gasteiger charge is -2.28. The summed E-state index contributed by atoms with van der Waals surface area (Å²) in [5.74, 6) is 0.408. The van der Waals surface area contributed by atoms with E-state index < -0.39 is 0 Å². The Bertz CT molecular complexity index is 541. The maximum atomic E-state index is 3.50. The van der Waals surface area contributed by atoms with Crippen molar-refractivity contribution in [2.24, 2.45) is 0 Å². The average molecular weight is 267 g/mol. The molecular formula is C19H25N. The first-order valence-corrected chi connectivity index (χ1v) is 7.46. The second kappa shape index (κ2) is 6.71. The number of hydrogen-bond donors (Lipinski definition) is 1. The Morgan fingerprint density at radius 3 is 2.30 bits per heavy atom. The molecule has 2 unspecified atom stereocenters. The molecule has 0 heterocycles. The predicted octanol–water partition coefficient (Wildman–Crippen LogP) is 4.43. The molecule has 106 valence electrons. The molecule has 2 aromatic rings.